The number of rotatable bonds is 10. The lowest BCUT2D eigenvalue weighted by Crippen LogP contribution is -2.31. The molecule has 0 aliphatic carbocycles. The van der Waals surface area contributed by atoms with Crippen molar-refractivity contribution in [2.45, 2.75) is 26.3 Å². The maximum Gasteiger partial charge on any atom is 0.161 e. The van der Waals surface area contributed by atoms with E-state index in [1.54, 1.807) is 14.2 Å². The Bertz CT molecular complexity index is 1080. The molecule has 1 heterocycles. The average molecular weight is 461 g/mol. The normalized spacial score (nSPS) is 15.1. The number of ether oxygens (including phenoxy) is 3. The molecule has 0 aromatic heterocycles. The summed E-state index contributed by atoms with van der Waals surface area (Å²) in [5.74, 6) is 2.47. The maximum atomic E-state index is 6.24. The van der Waals surface area contributed by atoms with Crippen LogP contribution in [0.4, 0.5) is 0 Å². The molecule has 0 saturated heterocycles. The van der Waals surface area contributed by atoms with Gasteiger partial charge in [0.2, 0.25) is 0 Å². The fourth-order valence-corrected chi connectivity index (χ4v) is 4.71. The van der Waals surface area contributed by atoms with Gasteiger partial charge in [0.05, 0.1) is 20.3 Å². The van der Waals surface area contributed by atoms with Gasteiger partial charge in [0.1, 0.15) is 12.4 Å². The minimum Gasteiger partial charge on any atom is -0.496 e. The number of nitrogens with one attached hydrogen (secondary N) is 1. The molecule has 0 bridgehead atoms. The first kappa shape index (κ1) is 24.1. The van der Waals surface area contributed by atoms with E-state index in [-0.39, 0.29) is 6.04 Å². The van der Waals surface area contributed by atoms with Crippen LogP contribution in [-0.4, -0.2) is 51.9 Å². The van der Waals surface area contributed by atoms with Crippen LogP contribution in [0.2, 0.25) is 0 Å². The molecule has 1 N–H and O–H groups in total. The van der Waals surface area contributed by atoms with Gasteiger partial charge in [-0.1, -0.05) is 50.2 Å². The van der Waals surface area contributed by atoms with Gasteiger partial charge in [0, 0.05) is 18.7 Å². The van der Waals surface area contributed by atoms with Gasteiger partial charge >= 0.3 is 0 Å². The molecule has 0 radical (unpaired) electrons. The fraction of sp³-hybridized carbons (Fsp3) is 0.379. The highest BCUT2D eigenvalue weighted by Crippen LogP contribution is 2.41. The zero-order valence-corrected chi connectivity index (χ0v) is 20.8. The molecule has 0 saturated carbocycles. The highest BCUT2D eigenvalue weighted by Gasteiger charge is 2.27. The van der Waals surface area contributed by atoms with E-state index in [1.807, 2.05) is 6.07 Å². The summed E-state index contributed by atoms with van der Waals surface area (Å²) in [6, 6.07) is 21.2. The van der Waals surface area contributed by atoms with E-state index < -0.39 is 0 Å². The van der Waals surface area contributed by atoms with E-state index in [0.717, 1.165) is 55.4 Å². The van der Waals surface area contributed by atoms with Gasteiger partial charge in [-0.05, 0) is 66.0 Å². The SMILES string of the molecule is CCN(CC)CCOc1cc2c(cc1OC)CCNC2c1cc(-c2ccccc2)ccc1OC. The lowest BCUT2D eigenvalue weighted by Gasteiger charge is -2.30. The Kier molecular flexibility index (Phi) is 8.09. The number of benzene rings is 3. The van der Waals surface area contributed by atoms with E-state index in [0.29, 0.717) is 6.61 Å². The van der Waals surface area contributed by atoms with E-state index in [4.69, 9.17) is 14.2 Å². The molecule has 1 aliphatic rings. The highest BCUT2D eigenvalue weighted by atomic mass is 16.5. The molecular formula is C29H36N2O3. The summed E-state index contributed by atoms with van der Waals surface area (Å²) in [5.41, 5.74) is 5.99. The molecule has 5 heteroatoms. The van der Waals surface area contributed by atoms with Crippen LogP contribution in [0.5, 0.6) is 17.2 Å². The molecule has 180 valence electrons. The van der Waals surface area contributed by atoms with Crippen LogP contribution in [0.15, 0.2) is 60.7 Å². The second-order valence-electron chi connectivity index (χ2n) is 8.54. The minimum absolute atomic E-state index is 0.0124. The standard InChI is InChI=1S/C29H36N2O3/c1-5-31(6-2)16-17-34-28-20-24-23(19-27(28)33-4)14-15-30-29(24)25-18-22(12-13-26(25)32-3)21-10-8-7-9-11-21/h7-13,18-20,29-30H,5-6,14-17H2,1-4H3. The Morgan fingerprint density at radius 3 is 2.29 bits per heavy atom. The molecule has 5 nitrogen and oxygen atoms in total. The number of fused-ring (bicyclic) bond motifs is 1. The van der Waals surface area contributed by atoms with Crippen LogP contribution in [0, 0.1) is 0 Å². The quantitative estimate of drug-likeness (QED) is 0.443. The Labute approximate surface area is 203 Å². The third-order valence-corrected chi connectivity index (χ3v) is 6.69. The third kappa shape index (κ3) is 5.21. The van der Waals surface area contributed by atoms with Crippen molar-refractivity contribution in [1.29, 1.82) is 0 Å². The molecular weight excluding hydrogens is 424 g/mol. The van der Waals surface area contributed by atoms with Crippen LogP contribution < -0.4 is 19.5 Å². The van der Waals surface area contributed by atoms with Crippen molar-refractivity contribution in [1.82, 2.24) is 10.2 Å². The molecule has 1 unspecified atom stereocenters. The summed E-state index contributed by atoms with van der Waals surface area (Å²) in [7, 11) is 3.45. The largest absolute Gasteiger partial charge is 0.496 e. The van der Waals surface area contributed by atoms with Crippen molar-refractivity contribution >= 4 is 0 Å². The molecule has 3 aromatic carbocycles. The second-order valence-corrected chi connectivity index (χ2v) is 8.54. The monoisotopic (exact) mass is 460 g/mol. The first-order valence-electron chi connectivity index (χ1n) is 12.2. The molecule has 3 aromatic rings. The number of nitrogens with zero attached hydrogens (tertiary/aromatic N) is 1. The zero-order chi connectivity index (χ0) is 23.9. The first-order valence-corrected chi connectivity index (χ1v) is 12.2. The predicted octanol–water partition coefficient (Wildman–Crippen LogP) is 5.33. The Morgan fingerprint density at radius 1 is 0.824 bits per heavy atom. The van der Waals surface area contributed by atoms with Crippen molar-refractivity contribution in [3.63, 3.8) is 0 Å². The lowest BCUT2D eigenvalue weighted by molar-refractivity contribution is 0.217. The van der Waals surface area contributed by atoms with Gasteiger partial charge in [-0.25, -0.2) is 0 Å². The smallest absolute Gasteiger partial charge is 0.161 e. The average Bonchev–Trinajstić information content (AvgIpc) is 2.90. The molecule has 4 rings (SSSR count). The summed E-state index contributed by atoms with van der Waals surface area (Å²) >= 11 is 0. The van der Waals surface area contributed by atoms with Gasteiger partial charge in [-0.15, -0.1) is 0 Å². The predicted molar refractivity (Wildman–Crippen MR) is 138 cm³/mol. The van der Waals surface area contributed by atoms with E-state index in [1.165, 1.54) is 22.3 Å². The Hall–Kier alpha value is -3.02. The second kappa shape index (κ2) is 11.4. The third-order valence-electron chi connectivity index (χ3n) is 6.69. The Morgan fingerprint density at radius 2 is 1.59 bits per heavy atom. The summed E-state index contributed by atoms with van der Waals surface area (Å²) < 4.78 is 17.7. The van der Waals surface area contributed by atoms with Crippen molar-refractivity contribution in [2.24, 2.45) is 0 Å². The van der Waals surface area contributed by atoms with E-state index in [9.17, 15) is 0 Å². The van der Waals surface area contributed by atoms with Crippen LogP contribution in [0.3, 0.4) is 0 Å². The molecule has 0 amide bonds. The van der Waals surface area contributed by atoms with E-state index >= 15 is 0 Å². The van der Waals surface area contributed by atoms with Crippen LogP contribution in [0.25, 0.3) is 11.1 Å². The Balaban J connectivity index is 1.69. The van der Waals surface area contributed by atoms with Gasteiger partial charge in [-0.3, -0.25) is 0 Å². The van der Waals surface area contributed by atoms with Crippen molar-refractivity contribution in [3.8, 4) is 28.4 Å². The number of hydrogen-bond acceptors (Lipinski definition) is 5. The minimum atomic E-state index is 0.0124. The number of hydrogen-bond donors (Lipinski definition) is 1. The summed E-state index contributed by atoms with van der Waals surface area (Å²) in [4.78, 5) is 2.36. The molecule has 1 aliphatic heterocycles. The summed E-state index contributed by atoms with van der Waals surface area (Å²) in [5, 5.41) is 3.72. The fourth-order valence-electron chi connectivity index (χ4n) is 4.71. The lowest BCUT2D eigenvalue weighted by atomic mass is 9.87. The van der Waals surface area contributed by atoms with Crippen LogP contribution in [-0.2, 0) is 6.42 Å². The maximum absolute atomic E-state index is 6.24. The van der Waals surface area contributed by atoms with Crippen molar-refractivity contribution in [2.75, 3.05) is 47.0 Å². The van der Waals surface area contributed by atoms with Gasteiger partial charge in [-0.2, -0.15) is 0 Å². The topological polar surface area (TPSA) is 43.0 Å². The van der Waals surface area contributed by atoms with Crippen molar-refractivity contribution in [3.05, 3.63) is 77.4 Å². The molecule has 0 fully saturated rings. The summed E-state index contributed by atoms with van der Waals surface area (Å²) in [6.07, 6.45) is 0.947. The molecule has 0 spiro atoms. The molecule has 1 atom stereocenters. The van der Waals surface area contributed by atoms with Crippen LogP contribution in [0.1, 0.15) is 36.6 Å². The van der Waals surface area contributed by atoms with Crippen LogP contribution >= 0.6 is 0 Å². The summed E-state index contributed by atoms with van der Waals surface area (Å²) in [6.45, 7) is 8.80. The first-order chi connectivity index (χ1) is 16.7. The highest BCUT2D eigenvalue weighted by molar-refractivity contribution is 5.67. The van der Waals surface area contributed by atoms with E-state index in [2.05, 4.69) is 78.7 Å². The van der Waals surface area contributed by atoms with Gasteiger partial charge in [0.15, 0.2) is 11.5 Å². The van der Waals surface area contributed by atoms with Gasteiger partial charge < -0.3 is 24.4 Å². The number of likely N-dealkylation sites (N-methyl/N-ethyl adjacent to an activating group) is 1. The van der Waals surface area contributed by atoms with Crippen molar-refractivity contribution < 1.29 is 14.2 Å². The number of methoxy groups -OCH3 is 2. The molecule has 34 heavy (non-hydrogen) atoms. The van der Waals surface area contributed by atoms with Gasteiger partial charge in [0.25, 0.3) is 0 Å². The zero-order valence-electron chi connectivity index (χ0n) is 20.8.